The number of benzene rings is 3. The predicted molar refractivity (Wildman–Crippen MR) is 152 cm³/mol. The second kappa shape index (κ2) is 12.5. The molecular weight excluding hydrogens is 492 g/mol. The molecule has 0 bridgehead atoms. The number of carbonyl (C=O) groups excluding carboxylic acids is 1. The van der Waals surface area contributed by atoms with Crippen molar-refractivity contribution < 1.29 is 28.5 Å². The molecule has 0 saturated carbocycles. The van der Waals surface area contributed by atoms with E-state index in [-0.39, 0.29) is 23.2 Å². The van der Waals surface area contributed by atoms with Gasteiger partial charge in [0.15, 0.2) is 23.0 Å². The number of ether oxygens (including phenoxy) is 5. The molecule has 1 aliphatic rings. The number of esters is 1. The van der Waals surface area contributed by atoms with Crippen molar-refractivity contribution in [2.45, 2.75) is 45.4 Å². The summed E-state index contributed by atoms with van der Waals surface area (Å²) in [6.07, 6.45) is 2.10. The molecule has 0 aliphatic carbocycles. The minimum Gasteiger partial charge on any atom is -0.493 e. The molecule has 2 atom stereocenters. The summed E-state index contributed by atoms with van der Waals surface area (Å²) < 4.78 is 28.0. The normalized spacial score (nSPS) is 17.0. The summed E-state index contributed by atoms with van der Waals surface area (Å²) in [5.74, 6) is 2.41. The topological polar surface area (TPSA) is 63.2 Å². The third-order valence-electron chi connectivity index (χ3n) is 7.41. The fraction of sp³-hybridized carbons (Fsp3) is 0.424. The zero-order valence-corrected chi connectivity index (χ0v) is 23.9. The molecule has 0 N–H and O–H groups in total. The third-order valence-corrected chi connectivity index (χ3v) is 7.41. The molecule has 0 amide bonds. The predicted octanol–water partition coefficient (Wildman–Crippen LogP) is 6.21. The third kappa shape index (κ3) is 7.05. The van der Waals surface area contributed by atoms with Crippen LogP contribution in [0.5, 0.6) is 23.0 Å². The summed E-state index contributed by atoms with van der Waals surface area (Å²) in [5, 5.41) is 0. The van der Waals surface area contributed by atoms with E-state index in [1.165, 1.54) is 11.1 Å². The molecule has 1 fully saturated rings. The van der Waals surface area contributed by atoms with Crippen molar-refractivity contribution in [3.8, 4) is 23.0 Å². The van der Waals surface area contributed by atoms with Crippen LogP contribution >= 0.6 is 0 Å². The molecule has 4 rings (SSSR count). The van der Waals surface area contributed by atoms with Gasteiger partial charge < -0.3 is 23.7 Å². The molecule has 1 aliphatic heterocycles. The molecule has 0 aromatic heterocycles. The van der Waals surface area contributed by atoms with Crippen LogP contribution in [0.25, 0.3) is 0 Å². The fourth-order valence-electron chi connectivity index (χ4n) is 5.03. The molecule has 0 unspecified atom stereocenters. The Morgan fingerprint density at radius 2 is 1.31 bits per heavy atom. The first-order chi connectivity index (χ1) is 18.7. The highest BCUT2D eigenvalue weighted by atomic mass is 16.5. The Kier molecular flexibility index (Phi) is 9.05. The van der Waals surface area contributed by atoms with E-state index in [9.17, 15) is 4.79 Å². The molecule has 6 heteroatoms. The molecule has 3 aromatic rings. The van der Waals surface area contributed by atoms with Crippen LogP contribution in [0.4, 0.5) is 0 Å². The zero-order chi connectivity index (χ0) is 28.0. The van der Waals surface area contributed by atoms with Gasteiger partial charge in [-0.15, -0.1) is 0 Å². The van der Waals surface area contributed by atoms with Gasteiger partial charge in [-0.05, 0) is 64.8 Å². The Hall–Kier alpha value is -3.67. The van der Waals surface area contributed by atoms with Crippen LogP contribution in [0.1, 0.15) is 43.0 Å². The number of rotatable bonds is 11. The van der Waals surface area contributed by atoms with Crippen LogP contribution < -0.4 is 18.9 Å². The first kappa shape index (κ1) is 28.3. The molecule has 0 radical (unpaired) electrons. The summed E-state index contributed by atoms with van der Waals surface area (Å²) in [5.41, 5.74) is 4.79. The van der Waals surface area contributed by atoms with Gasteiger partial charge in [0.1, 0.15) is 0 Å². The van der Waals surface area contributed by atoms with Gasteiger partial charge in [-0.2, -0.15) is 0 Å². The van der Waals surface area contributed by atoms with Gasteiger partial charge >= 0.3 is 5.97 Å². The molecule has 1 heterocycles. The van der Waals surface area contributed by atoms with Gasteiger partial charge in [0.2, 0.25) is 0 Å². The maximum absolute atomic E-state index is 12.7. The minimum absolute atomic E-state index is 0.0715. The lowest BCUT2D eigenvalue weighted by atomic mass is 9.85. The van der Waals surface area contributed by atoms with Crippen LogP contribution in [0, 0.1) is 11.8 Å². The van der Waals surface area contributed by atoms with Gasteiger partial charge in [0.25, 0.3) is 0 Å². The van der Waals surface area contributed by atoms with E-state index < -0.39 is 0 Å². The highest BCUT2D eigenvalue weighted by molar-refractivity contribution is 5.75. The van der Waals surface area contributed by atoms with Crippen molar-refractivity contribution in [3.05, 3.63) is 82.9 Å². The van der Waals surface area contributed by atoms with Crippen LogP contribution in [0.3, 0.4) is 0 Å². The van der Waals surface area contributed by atoms with Crippen molar-refractivity contribution in [2.24, 2.45) is 11.8 Å². The number of carbonyl (C=O) groups is 1. The first-order valence-electron chi connectivity index (χ1n) is 13.5. The van der Waals surface area contributed by atoms with E-state index in [0.717, 1.165) is 17.5 Å². The van der Waals surface area contributed by atoms with Gasteiger partial charge in [0, 0.05) is 12.3 Å². The van der Waals surface area contributed by atoms with Gasteiger partial charge in [-0.1, -0.05) is 57.2 Å². The van der Waals surface area contributed by atoms with Crippen LogP contribution in [-0.2, 0) is 34.2 Å². The highest BCUT2D eigenvalue weighted by Gasteiger charge is 2.37. The first-order valence-corrected chi connectivity index (χ1v) is 13.5. The van der Waals surface area contributed by atoms with Crippen molar-refractivity contribution in [1.29, 1.82) is 0 Å². The average molecular weight is 533 g/mol. The van der Waals surface area contributed by atoms with Crippen molar-refractivity contribution in [1.82, 2.24) is 0 Å². The van der Waals surface area contributed by atoms with Crippen LogP contribution in [0.2, 0.25) is 0 Å². The number of cyclic esters (lactones) is 1. The average Bonchev–Trinajstić information content (AvgIpc) is 3.27. The van der Waals surface area contributed by atoms with Crippen LogP contribution in [-0.4, -0.2) is 40.5 Å². The summed E-state index contributed by atoms with van der Waals surface area (Å²) in [7, 11) is 4.88. The largest absolute Gasteiger partial charge is 0.493 e. The van der Waals surface area contributed by atoms with E-state index in [4.69, 9.17) is 23.7 Å². The van der Waals surface area contributed by atoms with Gasteiger partial charge in [0.05, 0.1) is 40.5 Å². The summed E-state index contributed by atoms with van der Waals surface area (Å²) >= 11 is 0. The molecule has 1 saturated heterocycles. The Balaban J connectivity index is 1.38. The van der Waals surface area contributed by atoms with Crippen molar-refractivity contribution in [2.75, 3.05) is 34.5 Å². The van der Waals surface area contributed by atoms with E-state index >= 15 is 0 Å². The van der Waals surface area contributed by atoms with Crippen molar-refractivity contribution in [3.63, 3.8) is 0 Å². The Morgan fingerprint density at radius 3 is 1.92 bits per heavy atom. The van der Waals surface area contributed by atoms with E-state index in [2.05, 4.69) is 45.0 Å². The smallest absolute Gasteiger partial charge is 0.309 e. The highest BCUT2D eigenvalue weighted by Crippen LogP contribution is 2.35. The van der Waals surface area contributed by atoms with E-state index in [1.807, 2.05) is 36.4 Å². The second-order valence-corrected chi connectivity index (χ2v) is 11.1. The quantitative estimate of drug-likeness (QED) is 0.274. The monoisotopic (exact) mass is 532 g/mol. The maximum Gasteiger partial charge on any atom is 0.309 e. The van der Waals surface area contributed by atoms with Gasteiger partial charge in [-0.25, -0.2) is 0 Å². The molecule has 39 heavy (non-hydrogen) atoms. The van der Waals surface area contributed by atoms with E-state index in [1.54, 1.807) is 21.3 Å². The van der Waals surface area contributed by atoms with Crippen molar-refractivity contribution >= 4 is 5.97 Å². The lowest BCUT2D eigenvalue weighted by molar-refractivity contribution is -0.141. The molecule has 208 valence electrons. The maximum atomic E-state index is 12.7. The Morgan fingerprint density at radius 1 is 0.744 bits per heavy atom. The number of hydrogen-bond acceptors (Lipinski definition) is 6. The lowest BCUT2D eigenvalue weighted by Gasteiger charge is -2.19. The zero-order valence-electron chi connectivity index (χ0n) is 23.9. The molecule has 0 spiro atoms. The van der Waals surface area contributed by atoms with Crippen LogP contribution in [0.15, 0.2) is 60.7 Å². The Labute approximate surface area is 232 Å². The summed E-state index contributed by atoms with van der Waals surface area (Å²) in [6.45, 7) is 7.61. The van der Waals surface area contributed by atoms with Gasteiger partial charge in [-0.3, -0.25) is 4.79 Å². The molecular formula is C33H40O6. The summed E-state index contributed by atoms with van der Waals surface area (Å²) in [4.78, 5) is 12.7. The lowest BCUT2D eigenvalue weighted by Crippen LogP contribution is -2.20. The number of methoxy groups -OCH3 is 3. The SMILES string of the molecule is COc1ccc(C[C@H]2COC(=O)[C@@H]2Cc2ccc(OCCc3ccc(C(C)(C)C)cc3)c(OC)c2)cc1OC. The minimum atomic E-state index is -0.231. The summed E-state index contributed by atoms with van der Waals surface area (Å²) in [6, 6.07) is 20.5. The molecule has 6 nitrogen and oxygen atoms in total. The van der Waals surface area contributed by atoms with E-state index in [0.29, 0.717) is 49.1 Å². The molecule has 3 aromatic carbocycles. The number of hydrogen-bond donors (Lipinski definition) is 0. The standard InChI is InChI=1S/C33H40O6/c1-33(2,3)26-11-7-22(8-12-26)15-16-38-29-14-10-24(20-31(29)37-6)18-27-25(21-39-32(27)34)17-23-9-13-28(35-4)30(19-23)36-5/h7-14,19-20,25,27H,15-18,21H2,1-6H3/t25-,27+/m0/s1. The Bertz CT molecular complexity index is 1260. The fourth-order valence-corrected chi connectivity index (χ4v) is 5.03. The second-order valence-electron chi connectivity index (χ2n) is 11.1.